The first-order valence-corrected chi connectivity index (χ1v) is 8.26. The van der Waals surface area contributed by atoms with Crippen LogP contribution in [0.5, 0.6) is 0 Å². The predicted octanol–water partition coefficient (Wildman–Crippen LogP) is 2.02. The minimum atomic E-state index is -0.0865. The van der Waals surface area contributed by atoms with Crippen molar-refractivity contribution in [3.63, 3.8) is 0 Å². The summed E-state index contributed by atoms with van der Waals surface area (Å²) in [5.74, 6) is 0.801. The highest BCUT2D eigenvalue weighted by Crippen LogP contribution is 2.20. The Labute approximate surface area is 141 Å². The first-order chi connectivity index (χ1) is 11.8. The lowest BCUT2D eigenvalue weighted by Crippen LogP contribution is -2.25. The summed E-state index contributed by atoms with van der Waals surface area (Å²) in [6.45, 7) is 4.84. The van der Waals surface area contributed by atoms with E-state index in [1.807, 2.05) is 31.2 Å². The van der Waals surface area contributed by atoms with Crippen LogP contribution in [0.3, 0.4) is 0 Å². The van der Waals surface area contributed by atoms with E-state index in [-0.39, 0.29) is 12.0 Å². The Morgan fingerprint density at radius 1 is 1.33 bits per heavy atom. The summed E-state index contributed by atoms with van der Waals surface area (Å²) >= 11 is 0. The van der Waals surface area contributed by atoms with Crippen LogP contribution in [0.15, 0.2) is 42.9 Å². The predicted molar refractivity (Wildman–Crippen MR) is 91.9 cm³/mol. The van der Waals surface area contributed by atoms with Gasteiger partial charge in [0.25, 0.3) is 5.91 Å². The molecule has 0 spiro atoms. The van der Waals surface area contributed by atoms with Crippen molar-refractivity contribution in [1.29, 1.82) is 0 Å². The van der Waals surface area contributed by atoms with Gasteiger partial charge in [-0.05, 0) is 43.2 Å². The molecule has 0 aromatic carbocycles. The van der Waals surface area contributed by atoms with E-state index < -0.39 is 0 Å². The third kappa shape index (κ3) is 4.08. The third-order valence-corrected chi connectivity index (χ3v) is 4.05. The topological polar surface area (TPSA) is 67.4 Å². The Morgan fingerprint density at radius 3 is 2.88 bits per heavy atom. The van der Waals surface area contributed by atoms with Crippen molar-refractivity contribution in [1.82, 2.24) is 15.3 Å². The molecule has 126 valence electrons. The van der Waals surface area contributed by atoms with Gasteiger partial charge in [-0.2, -0.15) is 0 Å². The molecule has 0 radical (unpaired) electrons. The molecule has 0 bridgehead atoms. The van der Waals surface area contributed by atoms with E-state index >= 15 is 0 Å². The molecule has 3 heterocycles. The van der Waals surface area contributed by atoms with Gasteiger partial charge in [0.15, 0.2) is 0 Å². The summed E-state index contributed by atoms with van der Waals surface area (Å²) in [7, 11) is 0. The lowest BCUT2D eigenvalue weighted by Gasteiger charge is -2.18. The number of amides is 1. The minimum absolute atomic E-state index is 0.0865. The smallest absolute Gasteiger partial charge is 0.252 e. The first-order valence-electron chi connectivity index (χ1n) is 8.26. The Balaban J connectivity index is 1.52. The van der Waals surface area contributed by atoms with Crippen LogP contribution >= 0.6 is 0 Å². The van der Waals surface area contributed by atoms with Crippen LogP contribution in [0.2, 0.25) is 0 Å². The van der Waals surface area contributed by atoms with Gasteiger partial charge in [-0.25, -0.2) is 4.98 Å². The number of carbonyl (C=O) groups is 1. The molecule has 1 N–H and O–H groups in total. The number of nitrogens with one attached hydrogen (secondary N) is 1. The summed E-state index contributed by atoms with van der Waals surface area (Å²) in [6, 6.07) is 7.65. The highest BCUT2D eigenvalue weighted by atomic mass is 16.5. The lowest BCUT2D eigenvalue weighted by molar-refractivity contribution is 0.0553. The van der Waals surface area contributed by atoms with E-state index in [9.17, 15) is 4.79 Å². The number of aromatic nitrogens is 2. The number of hydrogen-bond acceptors (Lipinski definition) is 5. The number of carbonyl (C=O) groups excluding carboxylic acids is 1. The molecule has 24 heavy (non-hydrogen) atoms. The monoisotopic (exact) mass is 326 g/mol. The lowest BCUT2D eigenvalue weighted by atomic mass is 10.2. The average Bonchev–Trinajstić information content (AvgIpc) is 3.10. The highest BCUT2D eigenvalue weighted by Gasteiger charge is 2.24. The number of ether oxygens (including phenoxy) is 1. The van der Waals surface area contributed by atoms with Crippen molar-refractivity contribution < 1.29 is 9.53 Å². The fourth-order valence-electron chi connectivity index (χ4n) is 2.74. The average molecular weight is 326 g/mol. The molecule has 1 atom stereocenters. The van der Waals surface area contributed by atoms with Gasteiger partial charge in [0.05, 0.1) is 18.3 Å². The van der Waals surface area contributed by atoms with Crippen molar-refractivity contribution in [3.05, 3.63) is 54.0 Å². The van der Waals surface area contributed by atoms with E-state index in [2.05, 4.69) is 20.2 Å². The number of hydrogen-bond donors (Lipinski definition) is 1. The second kappa shape index (κ2) is 7.88. The van der Waals surface area contributed by atoms with Gasteiger partial charge in [0.2, 0.25) is 0 Å². The molecular weight excluding hydrogens is 304 g/mol. The maximum absolute atomic E-state index is 11.8. The minimum Gasteiger partial charge on any atom is -0.372 e. The quantitative estimate of drug-likeness (QED) is 0.880. The zero-order chi connectivity index (χ0) is 16.8. The molecule has 0 aliphatic carbocycles. The molecule has 3 rings (SSSR count). The maximum Gasteiger partial charge on any atom is 0.252 e. The van der Waals surface area contributed by atoms with Gasteiger partial charge in [-0.1, -0.05) is 0 Å². The molecule has 0 saturated carbocycles. The number of nitrogens with zero attached hydrogens (tertiary/aromatic N) is 3. The molecule has 0 unspecified atom stereocenters. The van der Waals surface area contributed by atoms with E-state index in [1.54, 1.807) is 18.6 Å². The van der Waals surface area contributed by atoms with Gasteiger partial charge in [0, 0.05) is 38.2 Å². The second-order valence-corrected chi connectivity index (χ2v) is 5.79. The molecular formula is C18H22N4O2. The van der Waals surface area contributed by atoms with Gasteiger partial charge < -0.3 is 15.0 Å². The van der Waals surface area contributed by atoms with Gasteiger partial charge >= 0.3 is 0 Å². The van der Waals surface area contributed by atoms with Crippen molar-refractivity contribution in [2.75, 3.05) is 24.5 Å². The molecule has 2 aromatic rings. The van der Waals surface area contributed by atoms with Gasteiger partial charge in [0.1, 0.15) is 5.82 Å². The molecule has 1 saturated heterocycles. The molecule has 2 aromatic heterocycles. The van der Waals surface area contributed by atoms with Crippen molar-refractivity contribution in [2.24, 2.45) is 0 Å². The summed E-state index contributed by atoms with van der Waals surface area (Å²) in [6.07, 6.45) is 6.36. The Hall–Kier alpha value is -2.47. The Bertz CT molecular complexity index is 660. The van der Waals surface area contributed by atoms with E-state index in [1.165, 1.54) is 0 Å². The molecule has 6 heteroatoms. The molecule has 1 aliphatic rings. The molecule has 1 aliphatic heterocycles. The van der Waals surface area contributed by atoms with Crippen LogP contribution in [-0.2, 0) is 11.3 Å². The zero-order valence-electron chi connectivity index (χ0n) is 13.8. The first kappa shape index (κ1) is 16.4. The van der Waals surface area contributed by atoms with Crippen LogP contribution in [0, 0.1) is 0 Å². The largest absolute Gasteiger partial charge is 0.372 e. The standard InChI is InChI=1S/C18H22N4O2/c1-2-20-18(23)15-3-4-17(21-11-15)22-10-7-16(12-22)24-13-14-5-8-19-9-6-14/h3-6,8-9,11,16H,2,7,10,12-13H2,1H3,(H,20,23)/t16-/m0/s1. The summed E-state index contributed by atoms with van der Waals surface area (Å²) in [5, 5.41) is 2.77. The molecule has 1 amide bonds. The third-order valence-electron chi connectivity index (χ3n) is 4.05. The zero-order valence-corrected chi connectivity index (χ0v) is 13.8. The Morgan fingerprint density at radius 2 is 2.17 bits per heavy atom. The van der Waals surface area contributed by atoms with E-state index in [4.69, 9.17) is 4.74 Å². The summed E-state index contributed by atoms with van der Waals surface area (Å²) in [4.78, 5) is 22.4. The van der Waals surface area contributed by atoms with Crippen LogP contribution in [0.1, 0.15) is 29.3 Å². The number of pyridine rings is 2. The number of anilines is 1. The second-order valence-electron chi connectivity index (χ2n) is 5.79. The van der Waals surface area contributed by atoms with Gasteiger partial charge in [-0.3, -0.25) is 9.78 Å². The SMILES string of the molecule is CCNC(=O)c1ccc(N2CC[C@H](OCc3ccncc3)C2)nc1. The van der Waals surface area contributed by atoms with Crippen LogP contribution in [0.4, 0.5) is 5.82 Å². The van der Waals surface area contributed by atoms with E-state index in [0.717, 1.165) is 30.9 Å². The summed E-state index contributed by atoms with van der Waals surface area (Å²) < 4.78 is 5.97. The van der Waals surface area contributed by atoms with E-state index in [0.29, 0.717) is 18.7 Å². The summed E-state index contributed by atoms with van der Waals surface area (Å²) in [5.41, 5.74) is 1.72. The van der Waals surface area contributed by atoms with Crippen LogP contribution in [-0.4, -0.2) is 41.6 Å². The van der Waals surface area contributed by atoms with Crippen molar-refractivity contribution in [3.8, 4) is 0 Å². The molecule has 6 nitrogen and oxygen atoms in total. The fourth-order valence-corrected chi connectivity index (χ4v) is 2.74. The highest BCUT2D eigenvalue weighted by molar-refractivity contribution is 5.94. The molecule has 1 fully saturated rings. The number of rotatable bonds is 6. The van der Waals surface area contributed by atoms with Crippen molar-refractivity contribution in [2.45, 2.75) is 26.1 Å². The van der Waals surface area contributed by atoms with Crippen molar-refractivity contribution >= 4 is 11.7 Å². The fraction of sp³-hybridized carbons (Fsp3) is 0.389. The Kier molecular flexibility index (Phi) is 5.38. The van der Waals surface area contributed by atoms with Crippen LogP contribution in [0.25, 0.3) is 0 Å². The maximum atomic E-state index is 11.8. The van der Waals surface area contributed by atoms with Gasteiger partial charge in [-0.15, -0.1) is 0 Å². The normalized spacial score (nSPS) is 17.0. The van der Waals surface area contributed by atoms with Crippen LogP contribution < -0.4 is 10.2 Å².